The van der Waals surface area contributed by atoms with Gasteiger partial charge in [-0.25, -0.2) is 4.79 Å². The average molecular weight is 762 g/mol. The highest BCUT2D eigenvalue weighted by molar-refractivity contribution is 6.34. The average Bonchev–Trinajstić information content (AvgIpc) is 3.82. The summed E-state index contributed by atoms with van der Waals surface area (Å²) in [6.45, 7) is 0. The van der Waals surface area contributed by atoms with Gasteiger partial charge >= 0.3 is 5.63 Å². The summed E-state index contributed by atoms with van der Waals surface area (Å²) < 4.78 is 8.51. The molecule has 0 radical (unpaired) electrons. The number of benzene rings is 8. The van der Waals surface area contributed by atoms with Gasteiger partial charge in [0.05, 0.1) is 45.2 Å². The Morgan fingerprint density at radius 2 is 0.850 bits per heavy atom. The van der Waals surface area contributed by atoms with Crippen LogP contribution in [0, 0.1) is 22.7 Å². The van der Waals surface area contributed by atoms with Crippen molar-refractivity contribution >= 4 is 59.8 Å². The molecular formula is C55H27N3O2. The maximum Gasteiger partial charge on any atom is 0.344 e. The zero-order valence-corrected chi connectivity index (χ0v) is 31.7. The van der Waals surface area contributed by atoms with Crippen molar-refractivity contribution in [1.29, 1.82) is 10.5 Å². The van der Waals surface area contributed by atoms with Crippen LogP contribution in [0.1, 0.15) is 102 Å². The maximum absolute atomic E-state index is 14.8. The highest BCUT2D eigenvalue weighted by atomic mass is 16.4. The minimum atomic E-state index is -0.383. The van der Waals surface area contributed by atoms with Gasteiger partial charge in [0.15, 0.2) is 0 Å². The summed E-state index contributed by atoms with van der Waals surface area (Å²) in [4.78, 5) is 14.8. The summed E-state index contributed by atoms with van der Waals surface area (Å²) >= 11 is 0. The Bertz CT molecular complexity index is 3950. The predicted molar refractivity (Wildman–Crippen MR) is 234 cm³/mol. The number of aromatic nitrogens is 1. The van der Waals surface area contributed by atoms with Crippen molar-refractivity contribution in [3.8, 4) is 12.1 Å². The second-order valence-electron chi connectivity index (χ2n) is 17.1. The zero-order chi connectivity index (χ0) is 39.3. The summed E-state index contributed by atoms with van der Waals surface area (Å²) in [7, 11) is 0. The summed E-state index contributed by atoms with van der Waals surface area (Å²) in [5.41, 5.74) is 18.4. The fourth-order valence-electron chi connectivity index (χ4n) is 12.8. The molecule has 274 valence electrons. The van der Waals surface area contributed by atoms with Gasteiger partial charge in [-0.05, 0) is 91.0 Å². The van der Waals surface area contributed by atoms with Crippen LogP contribution in [0.3, 0.4) is 0 Å². The number of rotatable bonds is 0. The van der Waals surface area contributed by atoms with E-state index in [1.54, 1.807) is 0 Å². The Balaban J connectivity index is 1.22. The number of para-hydroxylation sites is 1. The molecule has 0 spiro atoms. The van der Waals surface area contributed by atoms with Crippen LogP contribution >= 0.6 is 0 Å². The smallest absolute Gasteiger partial charge is 0.344 e. The zero-order valence-electron chi connectivity index (χ0n) is 31.7. The number of hydrogen-bond donors (Lipinski definition) is 0. The lowest BCUT2D eigenvalue weighted by molar-refractivity contribution is 0.570. The molecule has 60 heavy (non-hydrogen) atoms. The molecule has 0 atom stereocenters. The fourth-order valence-corrected chi connectivity index (χ4v) is 12.8. The van der Waals surface area contributed by atoms with E-state index < -0.39 is 0 Å². The van der Waals surface area contributed by atoms with E-state index in [0.717, 1.165) is 71.1 Å². The molecule has 0 amide bonds. The van der Waals surface area contributed by atoms with Gasteiger partial charge in [0.1, 0.15) is 5.58 Å². The quantitative estimate of drug-likeness (QED) is 0.114. The Labute approximate surface area is 341 Å². The summed E-state index contributed by atoms with van der Waals surface area (Å²) in [5, 5.41) is 28.6. The van der Waals surface area contributed by atoms with Crippen molar-refractivity contribution in [3.05, 3.63) is 228 Å². The van der Waals surface area contributed by atoms with E-state index in [-0.39, 0.29) is 29.3 Å². The Morgan fingerprint density at radius 1 is 0.433 bits per heavy atom. The monoisotopic (exact) mass is 761 g/mol. The molecule has 0 saturated carbocycles. The molecule has 3 heterocycles. The maximum atomic E-state index is 14.8. The van der Waals surface area contributed by atoms with E-state index in [2.05, 4.69) is 138 Å². The van der Waals surface area contributed by atoms with Crippen LogP contribution in [0.4, 0.5) is 0 Å². The second kappa shape index (κ2) is 10.4. The van der Waals surface area contributed by atoms with E-state index in [9.17, 15) is 15.3 Å². The Hall–Kier alpha value is -7.99. The molecule has 0 fully saturated rings. The fraction of sp³-hybridized carbons (Fsp3) is 0.0727. The highest BCUT2D eigenvalue weighted by Gasteiger charge is 2.47. The first-order valence-electron chi connectivity index (χ1n) is 20.6. The van der Waals surface area contributed by atoms with Crippen molar-refractivity contribution in [2.75, 3.05) is 0 Å². The van der Waals surface area contributed by atoms with E-state index in [0.29, 0.717) is 22.1 Å². The lowest BCUT2D eigenvalue weighted by atomic mass is 9.59. The summed E-state index contributed by atoms with van der Waals surface area (Å²) in [6, 6.07) is 54.3. The van der Waals surface area contributed by atoms with Crippen molar-refractivity contribution in [1.82, 2.24) is 4.40 Å². The third-order valence-corrected chi connectivity index (χ3v) is 14.8. The van der Waals surface area contributed by atoms with Gasteiger partial charge in [-0.2, -0.15) is 10.5 Å². The summed E-state index contributed by atoms with van der Waals surface area (Å²) in [5.74, 6) is -0.473. The van der Waals surface area contributed by atoms with Gasteiger partial charge in [-0.3, -0.25) is 0 Å². The molecule has 6 aliphatic rings. The third-order valence-electron chi connectivity index (χ3n) is 14.8. The van der Waals surface area contributed by atoms with Crippen LogP contribution in [-0.2, 0) is 0 Å². The summed E-state index contributed by atoms with van der Waals surface area (Å²) in [6.07, 6.45) is 0. The second-order valence-corrected chi connectivity index (χ2v) is 17.1. The van der Waals surface area contributed by atoms with Crippen LogP contribution in [0.5, 0.6) is 0 Å². The molecule has 5 heteroatoms. The third kappa shape index (κ3) is 3.29. The van der Waals surface area contributed by atoms with Crippen molar-refractivity contribution in [2.45, 2.75) is 23.7 Å². The molecular weight excluding hydrogens is 735 g/mol. The molecule has 5 nitrogen and oxygen atoms in total. The van der Waals surface area contributed by atoms with Gasteiger partial charge in [0, 0.05) is 56.0 Å². The first-order valence-corrected chi connectivity index (χ1v) is 20.6. The number of fused-ring (bicyclic) bond motifs is 10. The molecule has 0 N–H and O–H groups in total. The van der Waals surface area contributed by atoms with Gasteiger partial charge in [0.25, 0.3) is 0 Å². The Morgan fingerprint density at radius 3 is 1.33 bits per heavy atom. The molecule has 0 saturated heterocycles. The molecule has 0 unspecified atom stereocenters. The molecule has 0 aliphatic heterocycles. The molecule has 4 bridgehead atoms. The van der Waals surface area contributed by atoms with E-state index >= 15 is 0 Å². The van der Waals surface area contributed by atoms with Crippen LogP contribution < -0.4 is 5.63 Å². The molecule has 3 aromatic heterocycles. The van der Waals surface area contributed by atoms with E-state index in [1.807, 2.05) is 18.2 Å². The van der Waals surface area contributed by atoms with Gasteiger partial charge in [0.2, 0.25) is 0 Å². The first kappa shape index (κ1) is 31.1. The van der Waals surface area contributed by atoms with Crippen LogP contribution in [0.15, 0.2) is 149 Å². The largest absolute Gasteiger partial charge is 0.422 e. The van der Waals surface area contributed by atoms with Crippen molar-refractivity contribution in [3.63, 3.8) is 0 Å². The van der Waals surface area contributed by atoms with Crippen molar-refractivity contribution < 1.29 is 4.42 Å². The molecule has 17 rings (SSSR count). The number of nitriles is 2. The van der Waals surface area contributed by atoms with Gasteiger partial charge < -0.3 is 8.82 Å². The molecule has 8 aromatic carbocycles. The minimum Gasteiger partial charge on any atom is -0.422 e. The molecule has 11 aromatic rings. The lowest BCUT2D eigenvalue weighted by Crippen LogP contribution is -2.28. The number of hydrogen-bond acceptors (Lipinski definition) is 4. The van der Waals surface area contributed by atoms with E-state index in [4.69, 9.17) is 4.42 Å². The number of nitrogens with zero attached hydrogens (tertiary/aromatic N) is 3. The van der Waals surface area contributed by atoms with E-state index in [1.165, 1.54) is 44.5 Å². The molecule has 6 aliphatic carbocycles. The SMILES string of the molecule is N#Cc1cc2c(c3c1C1c4ccccc4C3c3ccccc31)c1cc3c4ccccc4oc(=O)c3c3c4c5c(c(C#N)cc4n2c13)C1c2ccccc2C5c2ccccc21. The predicted octanol–water partition coefficient (Wildman–Crippen LogP) is 11.8. The van der Waals surface area contributed by atoms with Crippen LogP contribution in [-0.4, -0.2) is 4.40 Å². The van der Waals surface area contributed by atoms with Gasteiger partial charge in [-0.1, -0.05) is 115 Å². The lowest BCUT2D eigenvalue weighted by Gasteiger charge is -2.43. The highest BCUT2D eigenvalue weighted by Crippen LogP contribution is 2.62. The normalized spacial score (nSPS) is 18.7. The van der Waals surface area contributed by atoms with Crippen LogP contribution in [0.25, 0.3) is 59.8 Å². The van der Waals surface area contributed by atoms with Crippen LogP contribution in [0.2, 0.25) is 0 Å². The standard InChI is InChI=1S/C55H27N3O2/c56-24-26-21-39-48(51-42(26)44-29-12-1-5-16-33(29)46(51)34-17-6-2-13-30(34)44)38-23-37-28-11-9-10-20-41(28)60-55(59)49(37)53-50-40(58(39)54(38)53)22-27(25-57)43-45-31-14-3-7-18-35(31)47(52(43)50)36-19-8-4-15-32(36)45/h1-23,44-47H. The topological polar surface area (TPSA) is 82.2 Å². The first-order chi connectivity index (χ1) is 29.7. The van der Waals surface area contributed by atoms with Gasteiger partial charge in [-0.15, -0.1) is 0 Å². The minimum absolute atomic E-state index is 0.0919. The van der Waals surface area contributed by atoms with Crippen molar-refractivity contribution in [2.24, 2.45) is 0 Å². The Kier molecular flexibility index (Phi) is 5.36.